The van der Waals surface area contributed by atoms with Crippen LogP contribution in [0, 0.1) is 0 Å². The minimum atomic E-state index is -0.763. The van der Waals surface area contributed by atoms with Gasteiger partial charge >= 0.3 is 17.9 Å². The maximum atomic E-state index is 12.9. The topological polar surface area (TPSA) is 78.9 Å². The van der Waals surface area contributed by atoms with E-state index in [-0.39, 0.29) is 31.1 Å². The molecule has 75 heavy (non-hydrogen) atoms. The van der Waals surface area contributed by atoms with Gasteiger partial charge in [-0.15, -0.1) is 0 Å². The first-order valence-corrected chi connectivity index (χ1v) is 34.2. The smallest absolute Gasteiger partial charge is 0.306 e. The van der Waals surface area contributed by atoms with Gasteiger partial charge in [0.2, 0.25) is 0 Å². The normalized spacial score (nSPS) is 12.0. The molecule has 0 saturated heterocycles. The van der Waals surface area contributed by atoms with Crippen LogP contribution in [0.15, 0.2) is 12.2 Å². The van der Waals surface area contributed by atoms with Crippen LogP contribution in [0.4, 0.5) is 0 Å². The molecule has 6 nitrogen and oxygen atoms in total. The van der Waals surface area contributed by atoms with Crippen molar-refractivity contribution in [2.45, 2.75) is 399 Å². The maximum Gasteiger partial charge on any atom is 0.306 e. The molecule has 0 rings (SSSR count). The van der Waals surface area contributed by atoms with E-state index in [9.17, 15) is 14.4 Å². The summed E-state index contributed by atoms with van der Waals surface area (Å²) in [4.78, 5) is 38.1. The Morgan fingerprint density at radius 1 is 0.253 bits per heavy atom. The molecular formula is C69H132O6. The lowest BCUT2D eigenvalue weighted by atomic mass is 10.0. The third kappa shape index (κ3) is 62.9. The molecule has 0 aliphatic heterocycles. The van der Waals surface area contributed by atoms with Crippen LogP contribution in [0.25, 0.3) is 0 Å². The standard InChI is InChI=1S/C69H132O6/c1-4-7-10-13-16-18-20-22-24-26-28-30-31-32-33-34-35-36-37-39-40-42-44-46-48-50-53-56-59-62-68(71)74-65-66(64-73-67(70)61-58-55-52-15-12-9-6-3)75-69(72)63-60-57-54-51-49-47-45-43-41-38-29-27-25-23-21-19-17-14-11-8-5-2/h26,28,66H,4-25,27,29-65H2,1-3H3/b28-26-. The summed E-state index contributed by atoms with van der Waals surface area (Å²) in [5.41, 5.74) is 0. The lowest BCUT2D eigenvalue weighted by molar-refractivity contribution is -0.167. The highest BCUT2D eigenvalue weighted by atomic mass is 16.6. The molecule has 0 fully saturated rings. The molecule has 0 aromatic carbocycles. The van der Waals surface area contributed by atoms with Crippen molar-refractivity contribution in [1.29, 1.82) is 0 Å². The number of hydrogen-bond acceptors (Lipinski definition) is 6. The van der Waals surface area contributed by atoms with E-state index in [4.69, 9.17) is 14.2 Å². The van der Waals surface area contributed by atoms with Crippen LogP contribution in [-0.4, -0.2) is 37.2 Å². The molecule has 0 bridgehead atoms. The molecule has 0 aliphatic rings. The van der Waals surface area contributed by atoms with Crippen LogP contribution in [-0.2, 0) is 28.6 Å². The SMILES string of the molecule is CCCCCCCCCC/C=C\CCCCCCCCCCCCCCCCCCCC(=O)OCC(COC(=O)CCCCCCCCC)OC(=O)CCCCCCCCCCCCCCCCCCCCCCC. The van der Waals surface area contributed by atoms with Crippen molar-refractivity contribution in [2.24, 2.45) is 0 Å². The molecule has 0 aromatic heterocycles. The van der Waals surface area contributed by atoms with E-state index in [0.29, 0.717) is 19.3 Å². The highest BCUT2D eigenvalue weighted by Crippen LogP contribution is 2.19. The number of unbranched alkanes of at least 4 members (excludes halogenated alkanes) is 51. The molecular weight excluding hydrogens is 925 g/mol. The van der Waals surface area contributed by atoms with Crippen molar-refractivity contribution in [3.05, 3.63) is 12.2 Å². The van der Waals surface area contributed by atoms with E-state index < -0.39 is 6.10 Å². The molecule has 0 amide bonds. The lowest BCUT2D eigenvalue weighted by Gasteiger charge is -2.18. The third-order valence-corrected chi connectivity index (χ3v) is 15.8. The molecule has 6 heteroatoms. The monoisotopic (exact) mass is 1060 g/mol. The van der Waals surface area contributed by atoms with Gasteiger partial charge in [-0.05, 0) is 44.9 Å². The van der Waals surface area contributed by atoms with E-state index in [1.165, 1.54) is 295 Å². The van der Waals surface area contributed by atoms with Gasteiger partial charge in [0, 0.05) is 19.3 Å². The number of hydrogen-bond donors (Lipinski definition) is 0. The summed E-state index contributed by atoms with van der Waals surface area (Å²) in [6, 6.07) is 0. The Hall–Kier alpha value is -1.85. The van der Waals surface area contributed by atoms with Crippen molar-refractivity contribution in [3.63, 3.8) is 0 Å². The van der Waals surface area contributed by atoms with E-state index in [0.717, 1.165) is 57.8 Å². The van der Waals surface area contributed by atoms with Gasteiger partial charge in [0.25, 0.3) is 0 Å². The van der Waals surface area contributed by atoms with Crippen molar-refractivity contribution >= 4 is 17.9 Å². The van der Waals surface area contributed by atoms with E-state index in [2.05, 4.69) is 32.9 Å². The molecule has 0 aromatic rings. The Bertz CT molecular complexity index is 1170. The average Bonchev–Trinajstić information content (AvgIpc) is 3.41. The van der Waals surface area contributed by atoms with E-state index in [1.54, 1.807) is 0 Å². The molecule has 0 spiro atoms. The van der Waals surface area contributed by atoms with Gasteiger partial charge in [0.15, 0.2) is 6.10 Å². The largest absolute Gasteiger partial charge is 0.462 e. The van der Waals surface area contributed by atoms with Gasteiger partial charge in [-0.1, -0.05) is 341 Å². The highest BCUT2D eigenvalue weighted by Gasteiger charge is 2.19. The average molecular weight is 1060 g/mol. The van der Waals surface area contributed by atoms with Crippen molar-refractivity contribution in [3.8, 4) is 0 Å². The first-order chi connectivity index (χ1) is 37.0. The molecule has 444 valence electrons. The van der Waals surface area contributed by atoms with Crippen molar-refractivity contribution in [1.82, 2.24) is 0 Å². The summed E-state index contributed by atoms with van der Waals surface area (Å²) >= 11 is 0. The van der Waals surface area contributed by atoms with Crippen molar-refractivity contribution in [2.75, 3.05) is 13.2 Å². The second-order valence-corrected chi connectivity index (χ2v) is 23.5. The number of esters is 3. The van der Waals surface area contributed by atoms with Crippen LogP contribution >= 0.6 is 0 Å². The Kier molecular flexibility index (Phi) is 63.1. The summed E-state index contributed by atoms with van der Waals surface area (Å²) < 4.78 is 16.9. The number of carbonyl (C=O) groups is 3. The fourth-order valence-corrected chi connectivity index (χ4v) is 10.6. The zero-order valence-electron chi connectivity index (χ0n) is 51.1. The van der Waals surface area contributed by atoms with Gasteiger partial charge in [-0.2, -0.15) is 0 Å². The zero-order valence-corrected chi connectivity index (χ0v) is 51.1. The Balaban J connectivity index is 4.00. The third-order valence-electron chi connectivity index (χ3n) is 15.8. The minimum Gasteiger partial charge on any atom is -0.462 e. The number of allylic oxidation sites excluding steroid dienone is 2. The van der Waals surface area contributed by atoms with Crippen LogP contribution in [0.5, 0.6) is 0 Å². The maximum absolute atomic E-state index is 12.9. The predicted octanol–water partition coefficient (Wildman–Crippen LogP) is 23.2. The molecule has 1 unspecified atom stereocenters. The summed E-state index contributed by atoms with van der Waals surface area (Å²) in [5.74, 6) is -0.839. The lowest BCUT2D eigenvalue weighted by Crippen LogP contribution is -2.30. The molecule has 1 atom stereocenters. The summed E-state index contributed by atoms with van der Waals surface area (Å²) in [6.07, 6.45) is 77.0. The molecule has 0 aliphatic carbocycles. The van der Waals surface area contributed by atoms with Gasteiger partial charge in [-0.25, -0.2) is 0 Å². The number of rotatable bonds is 64. The first kappa shape index (κ1) is 73.2. The second-order valence-electron chi connectivity index (χ2n) is 23.5. The fraction of sp³-hybridized carbons (Fsp3) is 0.928. The zero-order chi connectivity index (χ0) is 54.3. The predicted molar refractivity (Wildman–Crippen MR) is 326 cm³/mol. The number of carbonyl (C=O) groups excluding carboxylic acids is 3. The second kappa shape index (κ2) is 64.7. The van der Waals surface area contributed by atoms with Crippen LogP contribution < -0.4 is 0 Å². The fourth-order valence-electron chi connectivity index (χ4n) is 10.6. The van der Waals surface area contributed by atoms with Gasteiger partial charge < -0.3 is 14.2 Å². The van der Waals surface area contributed by atoms with Crippen molar-refractivity contribution < 1.29 is 28.6 Å². The Labute approximate surface area is 469 Å². The van der Waals surface area contributed by atoms with Crippen LogP contribution in [0.2, 0.25) is 0 Å². The minimum absolute atomic E-state index is 0.0632. The number of ether oxygens (including phenoxy) is 3. The molecule has 0 saturated carbocycles. The molecule has 0 heterocycles. The first-order valence-electron chi connectivity index (χ1n) is 34.2. The summed E-state index contributed by atoms with van der Waals surface area (Å²) in [6.45, 7) is 6.68. The van der Waals surface area contributed by atoms with Crippen LogP contribution in [0.3, 0.4) is 0 Å². The molecule has 0 N–H and O–H groups in total. The Morgan fingerprint density at radius 2 is 0.440 bits per heavy atom. The van der Waals surface area contributed by atoms with Gasteiger partial charge in [0.05, 0.1) is 0 Å². The Morgan fingerprint density at radius 3 is 0.667 bits per heavy atom. The summed E-state index contributed by atoms with van der Waals surface area (Å²) in [7, 11) is 0. The van der Waals surface area contributed by atoms with Gasteiger partial charge in [0.1, 0.15) is 13.2 Å². The molecule has 0 radical (unpaired) electrons. The quantitative estimate of drug-likeness (QED) is 0.0261. The van der Waals surface area contributed by atoms with E-state index in [1.807, 2.05) is 0 Å². The van der Waals surface area contributed by atoms with Gasteiger partial charge in [-0.3, -0.25) is 14.4 Å². The van der Waals surface area contributed by atoms with E-state index >= 15 is 0 Å². The highest BCUT2D eigenvalue weighted by molar-refractivity contribution is 5.71. The summed E-state index contributed by atoms with van der Waals surface area (Å²) in [5, 5.41) is 0. The van der Waals surface area contributed by atoms with Crippen LogP contribution in [0.1, 0.15) is 393 Å².